The van der Waals surface area contributed by atoms with Crippen molar-refractivity contribution in [3.05, 3.63) is 116 Å². The van der Waals surface area contributed by atoms with Crippen molar-refractivity contribution in [1.29, 1.82) is 0 Å². The Kier molecular flexibility index (Phi) is 7.36. The van der Waals surface area contributed by atoms with Gasteiger partial charge in [-0.05, 0) is 67.8 Å². The Morgan fingerprint density at radius 2 is 1.81 bits per heavy atom. The summed E-state index contributed by atoms with van der Waals surface area (Å²) in [5, 5.41) is 19.5. The maximum atomic E-state index is 13.0. The minimum Gasteiger partial charge on any atom is -0.482 e. The maximum Gasteiger partial charge on any atom is 0.311 e. The van der Waals surface area contributed by atoms with Crippen LogP contribution >= 0.6 is 11.6 Å². The molecule has 9 heteroatoms. The lowest BCUT2D eigenvalue weighted by molar-refractivity contribution is -0.386. The minimum absolute atomic E-state index is 0.0840. The molecule has 1 heterocycles. The fourth-order valence-corrected chi connectivity index (χ4v) is 4.09. The summed E-state index contributed by atoms with van der Waals surface area (Å²) in [6, 6.07) is 19.3. The topological polar surface area (TPSA) is 99.3 Å². The summed E-state index contributed by atoms with van der Waals surface area (Å²) in [4.78, 5) is 23.9. The standard InChI is InChI=1S/C27H25ClN4O4/c1-17-10-11-25(24(12-17)32(34)35)36-16-21-7-4-8-22(13-21)27(33)29-26-18(2)30-31(19(26)3)15-20-6-5-9-23(28)14-20/h4-14H,15-16H2,1-3H3,(H,29,33). The Hall–Kier alpha value is -4.17. The predicted molar refractivity (Wildman–Crippen MR) is 139 cm³/mol. The average Bonchev–Trinajstić information content (AvgIpc) is 3.10. The van der Waals surface area contributed by atoms with Gasteiger partial charge in [0.05, 0.1) is 28.5 Å². The molecule has 8 nitrogen and oxygen atoms in total. The number of carbonyl (C=O) groups is 1. The second-order valence-corrected chi connectivity index (χ2v) is 8.94. The molecule has 0 fully saturated rings. The Bertz CT molecular complexity index is 1450. The summed E-state index contributed by atoms with van der Waals surface area (Å²) in [6.07, 6.45) is 0. The van der Waals surface area contributed by atoms with Crippen molar-refractivity contribution in [2.75, 3.05) is 5.32 Å². The van der Waals surface area contributed by atoms with Gasteiger partial charge in [-0.2, -0.15) is 5.10 Å². The van der Waals surface area contributed by atoms with Crippen LogP contribution in [0.5, 0.6) is 5.75 Å². The van der Waals surface area contributed by atoms with Crippen LogP contribution in [0, 0.1) is 30.9 Å². The number of hydrogen-bond acceptors (Lipinski definition) is 5. The third-order valence-electron chi connectivity index (χ3n) is 5.74. The Balaban J connectivity index is 1.47. The van der Waals surface area contributed by atoms with E-state index in [0.717, 1.165) is 16.8 Å². The van der Waals surface area contributed by atoms with Crippen molar-refractivity contribution in [2.45, 2.75) is 33.9 Å². The highest BCUT2D eigenvalue weighted by Gasteiger charge is 2.17. The van der Waals surface area contributed by atoms with E-state index >= 15 is 0 Å². The smallest absolute Gasteiger partial charge is 0.311 e. The molecule has 0 spiro atoms. The SMILES string of the molecule is Cc1ccc(OCc2cccc(C(=O)Nc3c(C)nn(Cc4cccc(Cl)c4)c3C)c2)c([N+](=O)[O-])c1. The van der Waals surface area contributed by atoms with Gasteiger partial charge in [0.2, 0.25) is 0 Å². The summed E-state index contributed by atoms with van der Waals surface area (Å²) in [5.41, 5.74) is 5.02. The lowest BCUT2D eigenvalue weighted by atomic mass is 10.1. The lowest BCUT2D eigenvalue weighted by Gasteiger charge is -2.10. The van der Waals surface area contributed by atoms with Crippen LogP contribution in [-0.2, 0) is 13.2 Å². The van der Waals surface area contributed by atoms with Gasteiger partial charge in [0, 0.05) is 16.7 Å². The predicted octanol–water partition coefficient (Wildman–Crippen LogP) is 6.25. The molecule has 1 N–H and O–H groups in total. The molecule has 0 aliphatic heterocycles. The number of nitro benzene ring substituents is 1. The normalized spacial score (nSPS) is 10.8. The molecule has 1 aromatic heterocycles. The van der Waals surface area contributed by atoms with Crippen LogP contribution in [0.25, 0.3) is 0 Å². The average molecular weight is 505 g/mol. The number of halogens is 1. The number of ether oxygens (including phenoxy) is 1. The first-order valence-corrected chi connectivity index (χ1v) is 11.7. The molecule has 184 valence electrons. The van der Waals surface area contributed by atoms with Crippen molar-refractivity contribution in [3.8, 4) is 5.75 Å². The van der Waals surface area contributed by atoms with Gasteiger partial charge in [-0.1, -0.05) is 41.9 Å². The number of anilines is 1. The van der Waals surface area contributed by atoms with Gasteiger partial charge in [-0.15, -0.1) is 0 Å². The van der Waals surface area contributed by atoms with E-state index in [1.54, 1.807) is 43.3 Å². The molecular formula is C27H25ClN4O4. The third kappa shape index (κ3) is 5.72. The first kappa shape index (κ1) is 24.9. The highest BCUT2D eigenvalue weighted by molar-refractivity contribution is 6.30. The monoisotopic (exact) mass is 504 g/mol. The molecule has 0 aliphatic rings. The Morgan fingerprint density at radius 3 is 2.56 bits per heavy atom. The van der Waals surface area contributed by atoms with Gasteiger partial charge in [0.1, 0.15) is 6.61 Å². The number of nitro groups is 1. The molecule has 4 rings (SSSR count). The van der Waals surface area contributed by atoms with Gasteiger partial charge >= 0.3 is 5.69 Å². The number of aryl methyl sites for hydroxylation is 2. The van der Waals surface area contributed by atoms with E-state index in [4.69, 9.17) is 16.3 Å². The molecule has 0 saturated heterocycles. The number of benzene rings is 3. The number of aromatic nitrogens is 2. The summed E-state index contributed by atoms with van der Waals surface area (Å²) >= 11 is 6.10. The number of nitrogens with one attached hydrogen (secondary N) is 1. The van der Waals surface area contributed by atoms with Gasteiger partial charge in [0.25, 0.3) is 5.91 Å². The molecule has 0 unspecified atom stereocenters. The largest absolute Gasteiger partial charge is 0.482 e. The van der Waals surface area contributed by atoms with Crippen LogP contribution in [0.3, 0.4) is 0 Å². The van der Waals surface area contributed by atoms with Crippen molar-refractivity contribution in [2.24, 2.45) is 0 Å². The molecule has 36 heavy (non-hydrogen) atoms. The molecule has 0 radical (unpaired) electrons. The first-order chi connectivity index (χ1) is 17.2. The molecule has 0 saturated carbocycles. The van der Waals surface area contributed by atoms with Crippen molar-refractivity contribution in [3.63, 3.8) is 0 Å². The van der Waals surface area contributed by atoms with E-state index < -0.39 is 4.92 Å². The molecule has 4 aromatic rings. The minimum atomic E-state index is -0.469. The van der Waals surface area contributed by atoms with E-state index in [2.05, 4.69) is 10.4 Å². The van der Waals surface area contributed by atoms with Crippen molar-refractivity contribution >= 4 is 28.9 Å². The number of hydrogen-bond donors (Lipinski definition) is 1. The zero-order chi connectivity index (χ0) is 25.8. The highest BCUT2D eigenvalue weighted by atomic mass is 35.5. The number of nitrogens with zero attached hydrogens (tertiary/aromatic N) is 3. The van der Waals surface area contributed by atoms with Gasteiger partial charge in [-0.25, -0.2) is 0 Å². The van der Waals surface area contributed by atoms with E-state index in [1.165, 1.54) is 6.07 Å². The van der Waals surface area contributed by atoms with Crippen LogP contribution in [-0.4, -0.2) is 20.6 Å². The van der Waals surface area contributed by atoms with Crippen LogP contribution in [0.1, 0.15) is 38.4 Å². The summed E-state index contributed by atoms with van der Waals surface area (Å²) < 4.78 is 7.53. The molecule has 0 bridgehead atoms. The number of carbonyl (C=O) groups excluding carboxylic acids is 1. The Morgan fingerprint density at radius 1 is 1.06 bits per heavy atom. The number of rotatable bonds is 8. The molecule has 1 amide bonds. The van der Waals surface area contributed by atoms with E-state index in [9.17, 15) is 14.9 Å². The van der Waals surface area contributed by atoms with Gasteiger partial charge in [-0.3, -0.25) is 19.6 Å². The van der Waals surface area contributed by atoms with Crippen LogP contribution in [0.2, 0.25) is 5.02 Å². The zero-order valence-electron chi connectivity index (χ0n) is 20.1. The molecule has 3 aromatic carbocycles. The highest BCUT2D eigenvalue weighted by Crippen LogP contribution is 2.29. The van der Waals surface area contributed by atoms with Crippen LogP contribution in [0.15, 0.2) is 66.7 Å². The van der Waals surface area contributed by atoms with Crippen molar-refractivity contribution in [1.82, 2.24) is 9.78 Å². The Labute approximate surface area is 213 Å². The zero-order valence-corrected chi connectivity index (χ0v) is 20.9. The van der Waals surface area contributed by atoms with E-state index in [-0.39, 0.29) is 24.0 Å². The maximum absolute atomic E-state index is 13.0. The lowest BCUT2D eigenvalue weighted by Crippen LogP contribution is -2.14. The van der Waals surface area contributed by atoms with E-state index in [1.807, 2.05) is 42.8 Å². The second-order valence-electron chi connectivity index (χ2n) is 8.50. The molecular weight excluding hydrogens is 480 g/mol. The fraction of sp³-hybridized carbons (Fsp3) is 0.185. The van der Waals surface area contributed by atoms with Crippen LogP contribution < -0.4 is 10.1 Å². The fourth-order valence-electron chi connectivity index (χ4n) is 3.88. The number of amides is 1. The first-order valence-electron chi connectivity index (χ1n) is 11.3. The summed E-state index contributed by atoms with van der Waals surface area (Å²) in [5.74, 6) is -0.106. The van der Waals surface area contributed by atoms with Gasteiger partial charge in [0.15, 0.2) is 5.75 Å². The summed E-state index contributed by atoms with van der Waals surface area (Å²) in [7, 11) is 0. The van der Waals surface area contributed by atoms with Crippen LogP contribution in [0.4, 0.5) is 11.4 Å². The molecule has 0 aliphatic carbocycles. The van der Waals surface area contributed by atoms with Gasteiger partial charge < -0.3 is 10.1 Å². The molecule has 0 atom stereocenters. The third-order valence-corrected chi connectivity index (χ3v) is 5.97. The van der Waals surface area contributed by atoms with Crippen molar-refractivity contribution < 1.29 is 14.5 Å². The summed E-state index contributed by atoms with van der Waals surface area (Å²) in [6.45, 7) is 6.14. The quantitative estimate of drug-likeness (QED) is 0.226. The van der Waals surface area contributed by atoms with E-state index in [0.29, 0.717) is 34.1 Å². The second kappa shape index (κ2) is 10.6.